The number of fused-ring (bicyclic) bond motifs is 2. The SMILES string of the molecule is CCO.Clc1nc(Cl)nc(Cl)n1.Clc1nc(Cl)nc(N/N=C/c2c[nH]c3ccccc23)n1.NN.NNc1nc(Cl)nc(Cl)n1.O=Cc1c[nH]c2ccccc12. The van der Waals surface area contributed by atoms with Crippen molar-refractivity contribution in [2.45, 2.75) is 6.92 Å². The number of nitrogens with one attached hydrogen (secondary N) is 4. The fraction of sp³-hybridized carbons (Fsp3) is 0.0690. The van der Waals surface area contributed by atoms with Gasteiger partial charge in [-0.3, -0.25) is 21.9 Å². The van der Waals surface area contributed by atoms with Crippen molar-refractivity contribution in [3.8, 4) is 0 Å². The fourth-order valence-electron chi connectivity index (χ4n) is 3.62. The summed E-state index contributed by atoms with van der Waals surface area (Å²) in [7, 11) is 0. The first-order valence-electron chi connectivity index (χ1n) is 14.6. The summed E-state index contributed by atoms with van der Waals surface area (Å²) < 4.78 is 0. The van der Waals surface area contributed by atoms with Gasteiger partial charge in [0, 0.05) is 51.9 Å². The highest BCUT2D eigenvalue weighted by Gasteiger charge is 2.03. The summed E-state index contributed by atoms with van der Waals surface area (Å²) in [6.07, 6.45) is 6.10. The Morgan fingerprint density at radius 1 is 0.636 bits per heavy atom. The number of aliphatic hydroxyl groups excluding tert-OH is 1. The third-order valence-corrected chi connectivity index (χ3v) is 6.77. The van der Waals surface area contributed by atoms with E-state index in [0.29, 0.717) is 0 Å². The van der Waals surface area contributed by atoms with Crippen molar-refractivity contribution in [3.63, 3.8) is 0 Å². The second-order valence-electron chi connectivity index (χ2n) is 9.06. The molecule has 0 aliphatic rings. The highest BCUT2D eigenvalue weighted by Crippen LogP contribution is 2.17. The fourth-order valence-corrected chi connectivity index (χ4v) is 4.96. The summed E-state index contributed by atoms with van der Waals surface area (Å²) in [5.74, 6) is 13.3. The third-order valence-electron chi connectivity index (χ3n) is 5.58. The van der Waals surface area contributed by atoms with Gasteiger partial charge in [0.1, 0.15) is 0 Å². The van der Waals surface area contributed by atoms with Crippen LogP contribution in [0.25, 0.3) is 21.8 Å². The molecule has 55 heavy (non-hydrogen) atoms. The van der Waals surface area contributed by atoms with Crippen LogP contribution in [0.2, 0.25) is 37.0 Å². The molecule has 0 saturated heterocycles. The van der Waals surface area contributed by atoms with Crippen LogP contribution in [-0.4, -0.2) is 79.0 Å². The van der Waals surface area contributed by atoms with Crippen molar-refractivity contribution in [2.24, 2.45) is 22.6 Å². The largest absolute Gasteiger partial charge is 0.397 e. The molecule has 0 radical (unpaired) electrons. The number of hydrogen-bond donors (Lipinski definition) is 8. The maximum Gasteiger partial charge on any atom is 0.249 e. The summed E-state index contributed by atoms with van der Waals surface area (Å²) in [6, 6.07) is 15.7. The van der Waals surface area contributed by atoms with Gasteiger partial charge in [-0.25, -0.2) is 11.3 Å². The summed E-state index contributed by atoms with van der Waals surface area (Å²) in [6.45, 7) is 1.93. The first-order valence-corrected chi connectivity index (χ1v) is 17.2. The van der Waals surface area contributed by atoms with Crippen LogP contribution in [0.5, 0.6) is 0 Å². The predicted octanol–water partition coefficient (Wildman–Crippen LogP) is 6.20. The lowest BCUT2D eigenvalue weighted by molar-refractivity contribution is 0.112. The standard InChI is InChI=1S/C12H8Cl2N6.C9H7NO.C3Cl3N3.C3H3Cl2N5.C2H6O.H4N2/c13-10-17-11(14)19-12(18-10)20-16-6-7-5-15-9-4-2-1-3-8(7)9;11-6-7-5-10-9-4-2-1-3-8(7)9;4-1-7-2(5)9-3(6)8-1;4-1-7-2(5)9-3(8-1)10-6;1-2-3;1-2/h1-6,15H,(H,17,18,19,20);1-6,10H;;6H2,(H,7,8,9,10);3H,2H2,1H3;1-2H2/b16-6+;;;;;. The molecule has 0 spiro atoms. The van der Waals surface area contributed by atoms with E-state index in [-0.39, 0.29) is 55.5 Å². The number of hydrazine groups is 2. The Hall–Kier alpha value is -4.64. The molecule has 0 aliphatic carbocycles. The van der Waals surface area contributed by atoms with Gasteiger partial charge in [0.2, 0.25) is 48.9 Å². The number of carbonyl (C=O) groups is 1. The van der Waals surface area contributed by atoms with Crippen LogP contribution >= 0.6 is 81.2 Å². The van der Waals surface area contributed by atoms with Crippen LogP contribution in [0.4, 0.5) is 11.9 Å². The van der Waals surface area contributed by atoms with Gasteiger partial charge >= 0.3 is 0 Å². The Balaban J connectivity index is 0.000000257. The zero-order valence-electron chi connectivity index (χ0n) is 27.8. The maximum absolute atomic E-state index is 10.5. The van der Waals surface area contributed by atoms with Crippen LogP contribution in [0.1, 0.15) is 22.8 Å². The van der Waals surface area contributed by atoms with Crippen LogP contribution in [0.15, 0.2) is 66.0 Å². The van der Waals surface area contributed by atoms with Gasteiger partial charge in [-0.2, -0.15) is 50.0 Å². The Kier molecular flexibility index (Phi) is 21.5. The Morgan fingerprint density at radius 3 is 1.38 bits per heavy atom. The molecule has 11 N–H and O–H groups in total. The lowest BCUT2D eigenvalue weighted by atomic mass is 10.2. The number of aromatic nitrogens is 11. The normalized spacial score (nSPS) is 9.89. The molecule has 19 nitrogen and oxygen atoms in total. The number of aldehydes is 1. The number of hydrogen-bond acceptors (Lipinski definition) is 17. The topological polar surface area (TPSA) is 299 Å². The summed E-state index contributed by atoms with van der Waals surface area (Å²) in [5.41, 5.74) is 8.55. The van der Waals surface area contributed by atoms with Crippen LogP contribution in [0, 0.1) is 0 Å². The Labute approximate surface area is 346 Å². The molecule has 0 saturated carbocycles. The second-order valence-corrected chi connectivity index (χ2v) is 11.4. The number of hydrazone groups is 1. The van der Waals surface area contributed by atoms with Crippen LogP contribution < -0.4 is 28.4 Å². The van der Waals surface area contributed by atoms with Crippen molar-refractivity contribution in [3.05, 3.63) is 109 Å². The number of carbonyl (C=O) groups excluding carboxylic acids is 1. The number of para-hydroxylation sites is 2. The second kappa shape index (κ2) is 25.4. The van der Waals surface area contributed by atoms with E-state index in [9.17, 15) is 4.79 Å². The molecule has 290 valence electrons. The highest BCUT2D eigenvalue weighted by molar-refractivity contribution is 6.33. The maximum atomic E-state index is 10.5. The lowest BCUT2D eigenvalue weighted by Crippen LogP contribution is -2.11. The number of aliphatic hydroxyl groups is 1. The molecule has 2 aromatic carbocycles. The van der Waals surface area contributed by atoms with Crippen molar-refractivity contribution in [2.75, 3.05) is 17.5 Å². The molecule has 7 rings (SSSR count). The molecular weight excluding hydrogens is 867 g/mol. The molecule has 0 aliphatic heterocycles. The summed E-state index contributed by atoms with van der Waals surface area (Å²) >= 11 is 38.1. The molecule has 7 aromatic rings. The lowest BCUT2D eigenvalue weighted by Gasteiger charge is -1.98. The van der Waals surface area contributed by atoms with Gasteiger partial charge in [-0.15, -0.1) is 0 Å². The van der Waals surface area contributed by atoms with E-state index in [1.165, 1.54) is 0 Å². The molecule has 26 heteroatoms. The van der Waals surface area contributed by atoms with Crippen LogP contribution in [-0.2, 0) is 0 Å². The minimum Gasteiger partial charge on any atom is -0.397 e. The van der Waals surface area contributed by atoms with Gasteiger partial charge in [0.05, 0.1) is 6.21 Å². The average Bonchev–Trinajstić information content (AvgIpc) is 3.76. The first kappa shape index (κ1) is 46.5. The van der Waals surface area contributed by atoms with Crippen molar-refractivity contribution in [1.82, 2.24) is 54.8 Å². The molecule has 5 aromatic heterocycles. The smallest absolute Gasteiger partial charge is 0.249 e. The number of nitrogens with two attached hydrogens (primary N) is 3. The predicted molar refractivity (Wildman–Crippen MR) is 217 cm³/mol. The number of aromatic amines is 2. The number of nitrogen functional groups attached to an aromatic ring is 1. The van der Waals surface area contributed by atoms with Gasteiger partial charge in [0.15, 0.2) is 6.29 Å². The number of halogens is 7. The van der Waals surface area contributed by atoms with Gasteiger partial charge in [-0.05, 0) is 100 Å². The summed E-state index contributed by atoms with van der Waals surface area (Å²) in [4.78, 5) is 49.0. The molecule has 0 unspecified atom stereocenters. The molecule has 0 bridgehead atoms. The average molecular weight is 895 g/mol. The van der Waals surface area contributed by atoms with Gasteiger partial charge in [0.25, 0.3) is 0 Å². The first-order chi connectivity index (χ1) is 26.5. The minimum absolute atomic E-state index is 0.000000000000000444. The van der Waals surface area contributed by atoms with Crippen molar-refractivity contribution >= 4 is 127 Å². The summed E-state index contributed by atoms with van der Waals surface area (Å²) in [5, 5.41) is 13.7. The Bertz CT molecular complexity index is 2170. The molecule has 0 fully saturated rings. The Morgan fingerprint density at radius 2 is 0.982 bits per heavy atom. The number of benzene rings is 2. The van der Waals surface area contributed by atoms with Gasteiger partial charge < -0.3 is 15.1 Å². The molecule has 0 atom stereocenters. The van der Waals surface area contributed by atoms with Crippen molar-refractivity contribution < 1.29 is 9.90 Å². The van der Waals surface area contributed by atoms with E-state index in [0.717, 1.165) is 39.2 Å². The number of H-pyrrole nitrogens is 2. The molecule has 5 heterocycles. The minimum atomic E-state index is 0.000000000000000444. The van der Waals surface area contributed by atoms with E-state index in [4.69, 9.17) is 92.2 Å². The van der Waals surface area contributed by atoms with E-state index in [1.807, 2.05) is 54.7 Å². The van der Waals surface area contributed by atoms with E-state index < -0.39 is 0 Å². The number of nitrogens with zero attached hydrogens (tertiary/aromatic N) is 10. The highest BCUT2D eigenvalue weighted by atomic mass is 35.5. The van der Waals surface area contributed by atoms with E-state index in [2.05, 4.69) is 82.5 Å². The zero-order chi connectivity index (χ0) is 40.8. The van der Waals surface area contributed by atoms with E-state index >= 15 is 0 Å². The van der Waals surface area contributed by atoms with Crippen LogP contribution in [0.3, 0.4) is 0 Å². The molecular formula is C29H28Cl7N17O2. The number of anilines is 2. The monoisotopic (exact) mass is 891 g/mol. The number of rotatable bonds is 5. The van der Waals surface area contributed by atoms with Crippen molar-refractivity contribution in [1.29, 1.82) is 0 Å². The van der Waals surface area contributed by atoms with E-state index in [1.54, 1.807) is 19.3 Å². The third kappa shape index (κ3) is 16.7. The molecule has 0 amide bonds. The van der Waals surface area contributed by atoms with Gasteiger partial charge in [-0.1, -0.05) is 36.4 Å². The zero-order valence-corrected chi connectivity index (χ0v) is 33.1. The quantitative estimate of drug-likeness (QED) is 0.0413.